The SMILES string of the molecule is O=C(CCCNc1c(Cl)cncc1Cl)C1CCN(c2c(Cl)cncc2Cl)CC1. The van der Waals surface area contributed by atoms with E-state index in [1.165, 1.54) is 12.4 Å². The first-order chi connectivity index (χ1) is 13.5. The number of carbonyl (C=O) groups excluding carboxylic acids is 1. The average Bonchev–Trinajstić information content (AvgIpc) is 2.67. The number of nitrogens with zero attached hydrogens (tertiary/aromatic N) is 3. The highest BCUT2D eigenvalue weighted by Crippen LogP contribution is 2.35. The molecule has 2 aromatic rings. The molecule has 0 radical (unpaired) electrons. The van der Waals surface area contributed by atoms with E-state index in [2.05, 4.69) is 20.2 Å². The molecule has 1 aliphatic rings. The Balaban J connectivity index is 1.44. The molecule has 0 saturated carbocycles. The van der Waals surface area contributed by atoms with Crippen molar-refractivity contribution in [1.82, 2.24) is 9.97 Å². The van der Waals surface area contributed by atoms with Crippen molar-refractivity contribution in [3.8, 4) is 0 Å². The third-order valence-electron chi connectivity index (χ3n) is 4.85. The summed E-state index contributed by atoms with van der Waals surface area (Å²) in [5, 5.41) is 5.20. The Morgan fingerprint density at radius 1 is 0.964 bits per heavy atom. The van der Waals surface area contributed by atoms with Crippen molar-refractivity contribution in [2.45, 2.75) is 25.7 Å². The Morgan fingerprint density at radius 2 is 1.50 bits per heavy atom. The highest BCUT2D eigenvalue weighted by Gasteiger charge is 2.26. The number of hydrogen-bond donors (Lipinski definition) is 1. The molecule has 5 nitrogen and oxygen atoms in total. The van der Waals surface area contributed by atoms with E-state index in [1.807, 2.05) is 0 Å². The predicted molar refractivity (Wildman–Crippen MR) is 116 cm³/mol. The molecule has 1 saturated heterocycles. The van der Waals surface area contributed by atoms with Crippen LogP contribution < -0.4 is 10.2 Å². The number of halogens is 4. The predicted octanol–water partition coefficient (Wildman–Crippen LogP) is 5.77. The number of hydrogen-bond acceptors (Lipinski definition) is 5. The van der Waals surface area contributed by atoms with Crippen molar-refractivity contribution in [2.24, 2.45) is 5.92 Å². The topological polar surface area (TPSA) is 58.1 Å². The third-order valence-corrected chi connectivity index (χ3v) is 5.98. The Bertz CT molecular complexity index is 800. The van der Waals surface area contributed by atoms with E-state index in [0.29, 0.717) is 44.5 Å². The molecule has 0 spiro atoms. The first-order valence-corrected chi connectivity index (χ1v) is 10.6. The monoisotopic (exact) mass is 460 g/mol. The van der Waals surface area contributed by atoms with E-state index in [0.717, 1.165) is 38.0 Å². The number of pyridine rings is 2. The Labute approximate surface area is 184 Å². The van der Waals surface area contributed by atoms with Crippen LogP contribution in [-0.4, -0.2) is 35.4 Å². The fourth-order valence-corrected chi connectivity index (χ4v) is 4.49. The minimum absolute atomic E-state index is 0.0729. The van der Waals surface area contributed by atoms with Gasteiger partial charge in [-0.1, -0.05) is 46.4 Å². The van der Waals surface area contributed by atoms with Gasteiger partial charge in [-0.2, -0.15) is 0 Å². The van der Waals surface area contributed by atoms with Crippen molar-refractivity contribution in [1.29, 1.82) is 0 Å². The van der Waals surface area contributed by atoms with Crippen LogP contribution in [0.2, 0.25) is 20.1 Å². The molecule has 0 aromatic carbocycles. The molecule has 1 aliphatic heterocycles. The van der Waals surface area contributed by atoms with Crippen LogP contribution in [0.25, 0.3) is 0 Å². The molecule has 0 aliphatic carbocycles. The van der Waals surface area contributed by atoms with Crippen molar-refractivity contribution >= 4 is 63.6 Å². The van der Waals surface area contributed by atoms with Gasteiger partial charge in [0, 0.05) is 56.8 Å². The summed E-state index contributed by atoms with van der Waals surface area (Å²) in [5.74, 6) is 0.365. The highest BCUT2D eigenvalue weighted by molar-refractivity contribution is 6.39. The van der Waals surface area contributed by atoms with E-state index in [9.17, 15) is 4.79 Å². The van der Waals surface area contributed by atoms with Gasteiger partial charge < -0.3 is 10.2 Å². The molecule has 3 rings (SSSR count). The largest absolute Gasteiger partial charge is 0.383 e. The lowest BCUT2D eigenvalue weighted by Gasteiger charge is -2.33. The Morgan fingerprint density at radius 3 is 2.07 bits per heavy atom. The van der Waals surface area contributed by atoms with E-state index in [1.54, 1.807) is 12.4 Å². The summed E-state index contributed by atoms with van der Waals surface area (Å²) in [6.07, 6.45) is 9.09. The maximum absolute atomic E-state index is 12.5. The van der Waals surface area contributed by atoms with Gasteiger partial charge in [-0.25, -0.2) is 0 Å². The Hall–Kier alpha value is -1.27. The fourth-order valence-electron chi connectivity index (χ4n) is 3.39. The van der Waals surface area contributed by atoms with Crippen LogP contribution in [0.15, 0.2) is 24.8 Å². The summed E-state index contributed by atoms with van der Waals surface area (Å²) in [5.41, 5.74) is 1.46. The first-order valence-electron chi connectivity index (χ1n) is 9.07. The number of Topliss-reactive ketones (excluding diaryl/α,β-unsaturated/α-hetero) is 1. The second-order valence-electron chi connectivity index (χ2n) is 6.69. The zero-order valence-corrected chi connectivity index (χ0v) is 18.1. The molecular formula is C19H20Cl4N4O. The van der Waals surface area contributed by atoms with Gasteiger partial charge in [0.1, 0.15) is 5.78 Å². The molecule has 0 bridgehead atoms. The first kappa shape index (κ1) is 21.4. The molecule has 150 valence electrons. The molecule has 0 amide bonds. The van der Waals surface area contributed by atoms with Crippen LogP contribution >= 0.6 is 46.4 Å². The molecule has 1 fully saturated rings. The molecule has 0 unspecified atom stereocenters. The maximum Gasteiger partial charge on any atom is 0.136 e. The molecular weight excluding hydrogens is 442 g/mol. The van der Waals surface area contributed by atoms with Crippen molar-refractivity contribution in [3.05, 3.63) is 44.9 Å². The van der Waals surface area contributed by atoms with Crippen molar-refractivity contribution < 1.29 is 4.79 Å². The van der Waals surface area contributed by atoms with Gasteiger partial charge in [-0.05, 0) is 19.3 Å². The van der Waals surface area contributed by atoms with Gasteiger partial charge >= 0.3 is 0 Å². The van der Waals surface area contributed by atoms with E-state index >= 15 is 0 Å². The number of carbonyl (C=O) groups is 1. The van der Waals surface area contributed by atoms with E-state index in [-0.39, 0.29) is 5.92 Å². The number of nitrogens with one attached hydrogen (secondary N) is 1. The van der Waals surface area contributed by atoms with Gasteiger partial charge in [0.25, 0.3) is 0 Å². The van der Waals surface area contributed by atoms with Crippen LogP contribution in [0.4, 0.5) is 11.4 Å². The molecule has 9 heteroatoms. The van der Waals surface area contributed by atoms with Crippen LogP contribution in [0.3, 0.4) is 0 Å². The van der Waals surface area contributed by atoms with Crippen LogP contribution in [0.5, 0.6) is 0 Å². The van der Waals surface area contributed by atoms with Gasteiger partial charge in [0.05, 0.1) is 31.5 Å². The standard InChI is InChI=1S/C19H20Cl4N4O/c20-13-8-24-9-14(21)18(13)26-5-1-2-17(28)12-3-6-27(7-4-12)19-15(22)10-25-11-16(19)23/h8-12H,1-7H2,(H,24,26). The van der Waals surface area contributed by atoms with E-state index < -0.39 is 0 Å². The number of aromatic nitrogens is 2. The van der Waals surface area contributed by atoms with Crippen molar-refractivity contribution in [3.63, 3.8) is 0 Å². The van der Waals surface area contributed by atoms with Crippen LogP contribution in [0.1, 0.15) is 25.7 Å². The average molecular weight is 462 g/mol. The lowest BCUT2D eigenvalue weighted by atomic mass is 9.90. The summed E-state index contributed by atoms with van der Waals surface area (Å²) < 4.78 is 0. The smallest absolute Gasteiger partial charge is 0.136 e. The zero-order chi connectivity index (χ0) is 20.1. The Kier molecular flexibility index (Phi) is 7.63. The zero-order valence-electron chi connectivity index (χ0n) is 15.1. The summed E-state index contributed by atoms with van der Waals surface area (Å²) >= 11 is 24.6. The highest BCUT2D eigenvalue weighted by atomic mass is 35.5. The second kappa shape index (κ2) is 9.97. The number of piperidine rings is 1. The third kappa shape index (κ3) is 5.20. The van der Waals surface area contributed by atoms with Crippen molar-refractivity contribution in [2.75, 3.05) is 29.9 Å². The fraction of sp³-hybridized carbons (Fsp3) is 0.421. The van der Waals surface area contributed by atoms with Gasteiger partial charge in [0.2, 0.25) is 0 Å². The summed E-state index contributed by atoms with van der Waals surface area (Å²) in [6.45, 7) is 2.12. The normalized spacial score (nSPS) is 14.9. The lowest BCUT2D eigenvalue weighted by Crippen LogP contribution is -2.36. The molecule has 3 heterocycles. The molecule has 1 N–H and O–H groups in total. The number of ketones is 1. The molecule has 2 aromatic heterocycles. The molecule has 28 heavy (non-hydrogen) atoms. The van der Waals surface area contributed by atoms with Gasteiger partial charge in [-0.3, -0.25) is 14.8 Å². The van der Waals surface area contributed by atoms with Gasteiger partial charge in [-0.15, -0.1) is 0 Å². The van der Waals surface area contributed by atoms with E-state index in [4.69, 9.17) is 46.4 Å². The summed E-state index contributed by atoms with van der Waals surface area (Å²) in [4.78, 5) is 22.6. The molecule has 0 atom stereocenters. The minimum Gasteiger partial charge on any atom is -0.383 e. The van der Waals surface area contributed by atoms with Crippen LogP contribution in [-0.2, 0) is 4.79 Å². The second-order valence-corrected chi connectivity index (χ2v) is 8.32. The minimum atomic E-state index is 0.0729. The summed E-state index contributed by atoms with van der Waals surface area (Å²) in [7, 11) is 0. The number of rotatable bonds is 7. The quantitative estimate of drug-likeness (QED) is 0.530. The number of anilines is 2. The summed E-state index contributed by atoms with van der Waals surface area (Å²) in [6, 6.07) is 0. The maximum atomic E-state index is 12.5. The lowest BCUT2D eigenvalue weighted by molar-refractivity contribution is -0.123. The van der Waals surface area contributed by atoms with Gasteiger partial charge in [0.15, 0.2) is 0 Å². The van der Waals surface area contributed by atoms with Crippen LogP contribution in [0, 0.1) is 5.92 Å².